The third kappa shape index (κ3) is 2.54. The summed E-state index contributed by atoms with van der Waals surface area (Å²) in [6.07, 6.45) is 1.98. The minimum atomic E-state index is 0.369. The molecular weight excluding hydrogens is 208 g/mol. The van der Waals surface area contributed by atoms with E-state index in [1.54, 1.807) is 12.3 Å². The van der Waals surface area contributed by atoms with Crippen molar-refractivity contribution >= 4 is 28.8 Å². The van der Waals surface area contributed by atoms with Crippen LogP contribution in [-0.2, 0) is 6.42 Å². The fraction of sp³-hybridized carbons (Fsp3) is 0.250. The highest BCUT2D eigenvalue weighted by Crippen LogP contribution is 2.23. The summed E-state index contributed by atoms with van der Waals surface area (Å²) in [5, 5.41) is 0.569. The highest BCUT2D eigenvalue weighted by atomic mass is 35.5. The number of thiocarbonyl (C=S) groups is 1. The van der Waals surface area contributed by atoms with Gasteiger partial charge in [0.1, 0.15) is 0 Å². The average Bonchev–Trinajstić information content (AvgIpc) is 2.08. The van der Waals surface area contributed by atoms with Gasteiger partial charge in [0.25, 0.3) is 0 Å². The number of nitrogens with two attached hydrogens (primary N) is 1. The van der Waals surface area contributed by atoms with Crippen molar-refractivity contribution in [2.75, 3.05) is 7.11 Å². The lowest BCUT2D eigenvalue weighted by Gasteiger charge is -2.07. The molecule has 1 aromatic heterocycles. The molecule has 3 nitrogen and oxygen atoms in total. The lowest BCUT2D eigenvalue weighted by molar-refractivity contribution is 0.394. The van der Waals surface area contributed by atoms with Gasteiger partial charge in [-0.2, -0.15) is 0 Å². The second kappa shape index (κ2) is 4.39. The van der Waals surface area contributed by atoms with E-state index in [2.05, 4.69) is 4.98 Å². The first kappa shape index (κ1) is 10.2. The molecule has 0 saturated carbocycles. The normalized spacial score (nSPS) is 9.69. The van der Waals surface area contributed by atoms with Gasteiger partial charge in [-0.15, -0.1) is 0 Å². The van der Waals surface area contributed by atoms with Crippen LogP contribution in [0.15, 0.2) is 12.3 Å². The molecule has 1 rings (SSSR count). The van der Waals surface area contributed by atoms with Crippen LogP contribution in [0, 0.1) is 0 Å². The van der Waals surface area contributed by atoms with Crippen LogP contribution in [0.1, 0.15) is 5.56 Å². The SMILES string of the molecule is COc1nccc(Cl)c1CC(N)=S. The first-order valence-corrected chi connectivity index (χ1v) is 4.39. The van der Waals surface area contributed by atoms with Crippen LogP contribution in [-0.4, -0.2) is 17.1 Å². The van der Waals surface area contributed by atoms with Crippen LogP contribution in [0.2, 0.25) is 5.02 Å². The molecule has 0 bridgehead atoms. The quantitative estimate of drug-likeness (QED) is 0.780. The van der Waals surface area contributed by atoms with E-state index in [0.717, 1.165) is 5.56 Å². The van der Waals surface area contributed by atoms with Crippen LogP contribution in [0.3, 0.4) is 0 Å². The Morgan fingerprint density at radius 3 is 3.00 bits per heavy atom. The van der Waals surface area contributed by atoms with Crippen molar-refractivity contribution in [1.29, 1.82) is 0 Å². The predicted molar refractivity (Wildman–Crippen MR) is 56.3 cm³/mol. The summed E-state index contributed by atoms with van der Waals surface area (Å²) < 4.78 is 5.02. The summed E-state index contributed by atoms with van der Waals surface area (Å²) in [5.74, 6) is 0.473. The van der Waals surface area contributed by atoms with Crippen molar-refractivity contribution in [3.05, 3.63) is 22.8 Å². The van der Waals surface area contributed by atoms with Crippen molar-refractivity contribution in [2.45, 2.75) is 6.42 Å². The summed E-state index contributed by atoms with van der Waals surface area (Å²) >= 11 is 10.7. The van der Waals surface area contributed by atoms with Crippen molar-refractivity contribution in [2.24, 2.45) is 5.73 Å². The third-order valence-electron chi connectivity index (χ3n) is 1.50. The zero-order valence-electron chi connectivity index (χ0n) is 7.08. The van der Waals surface area contributed by atoms with E-state index in [0.29, 0.717) is 22.3 Å². The van der Waals surface area contributed by atoms with E-state index in [-0.39, 0.29) is 0 Å². The van der Waals surface area contributed by atoms with Gasteiger partial charge in [-0.05, 0) is 6.07 Å². The molecule has 70 valence electrons. The minimum absolute atomic E-state index is 0.369. The zero-order valence-corrected chi connectivity index (χ0v) is 8.65. The first-order chi connectivity index (χ1) is 6.15. The first-order valence-electron chi connectivity index (χ1n) is 3.61. The van der Waals surface area contributed by atoms with Crippen molar-refractivity contribution in [3.63, 3.8) is 0 Å². The largest absolute Gasteiger partial charge is 0.481 e. The smallest absolute Gasteiger partial charge is 0.218 e. The third-order valence-corrected chi connectivity index (χ3v) is 2.00. The Labute approximate surface area is 86.9 Å². The van der Waals surface area contributed by atoms with E-state index >= 15 is 0 Å². The van der Waals surface area contributed by atoms with Gasteiger partial charge >= 0.3 is 0 Å². The molecule has 1 aromatic rings. The van der Waals surface area contributed by atoms with Gasteiger partial charge in [-0.25, -0.2) is 4.98 Å². The Bertz CT molecular complexity index is 330. The highest BCUT2D eigenvalue weighted by Gasteiger charge is 2.09. The maximum Gasteiger partial charge on any atom is 0.218 e. The van der Waals surface area contributed by atoms with Crippen molar-refractivity contribution in [1.82, 2.24) is 4.98 Å². The standard InChI is InChI=1S/C8H9ClN2OS/c1-12-8-5(4-7(10)13)6(9)2-3-11-8/h2-3H,4H2,1H3,(H2,10,13). The number of methoxy groups -OCH3 is 1. The van der Waals surface area contributed by atoms with E-state index in [1.165, 1.54) is 7.11 Å². The second-order valence-corrected chi connectivity index (χ2v) is 3.36. The molecule has 0 unspecified atom stereocenters. The maximum atomic E-state index is 5.92. The van der Waals surface area contributed by atoms with Crippen LogP contribution >= 0.6 is 23.8 Å². The summed E-state index contributed by atoms with van der Waals surface area (Å²) in [6.45, 7) is 0. The maximum absolute atomic E-state index is 5.92. The molecule has 0 aliphatic carbocycles. The van der Waals surface area contributed by atoms with Crippen LogP contribution in [0.5, 0.6) is 5.88 Å². The molecule has 0 aliphatic rings. The molecule has 13 heavy (non-hydrogen) atoms. The average molecular weight is 217 g/mol. The van der Waals surface area contributed by atoms with Gasteiger partial charge in [-0.3, -0.25) is 0 Å². The van der Waals surface area contributed by atoms with Crippen LogP contribution < -0.4 is 10.5 Å². The molecule has 0 aromatic carbocycles. The summed E-state index contributed by atoms with van der Waals surface area (Å²) in [5.41, 5.74) is 6.14. The molecule has 0 radical (unpaired) electrons. The van der Waals surface area contributed by atoms with E-state index in [9.17, 15) is 0 Å². The van der Waals surface area contributed by atoms with E-state index in [4.69, 9.17) is 34.3 Å². The molecule has 0 aliphatic heterocycles. The molecule has 0 fully saturated rings. The van der Waals surface area contributed by atoms with Gasteiger partial charge < -0.3 is 10.5 Å². The number of nitrogens with zero attached hydrogens (tertiary/aromatic N) is 1. The van der Waals surface area contributed by atoms with Crippen molar-refractivity contribution in [3.8, 4) is 5.88 Å². The second-order valence-electron chi connectivity index (χ2n) is 2.42. The number of rotatable bonds is 3. The predicted octanol–water partition coefficient (Wildman–Crippen LogP) is 1.57. The highest BCUT2D eigenvalue weighted by molar-refractivity contribution is 7.80. The van der Waals surface area contributed by atoms with E-state index < -0.39 is 0 Å². The molecular formula is C8H9ClN2OS. The Balaban J connectivity index is 3.07. The molecule has 1 heterocycles. The zero-order chi connectivity index (χ0) is 9.84. The van der Waals surface area contributed by atoms with Gasteiger partial charge in [0.15, 0.2) is 0 Å². The molecule has 0 spiro atoms. The fourth-order valence-electron chi connectivity index (χ4n) is 0.961. The summed E-state index contributed by atoms with van der Waals surface area (Å²) in [6, 6.07) is 1.68. The lowest BCUT2D eigenvalue weighted by Crippen LogP contribution is -2.12. The van der Waals surface area contributed by atoms with E-state index in [1.807, 2.05) is 0 Å². The monoisotopic (exact) mass is 216 g/mol. The fourth-order valence-corrected chi connectivity index (χ4v) is 1.31. The molecule has 0 amide bonds. The number of ether oxygens (including phenoxy) is 1. The molecule has 5 heteroatoms. The number of hydrogen-bond acceptors (Lipinski definition) is 3. The van der Waals surface area contributed by atoms with Crippen molar-refractivity contribution < 1.29 is 4.74 Å². The van der Waals surface area contributed by atoms with Crippen LogP contribution in [0.4, 0.5) is 0 Å². The van der Waals surface area contributed by atoms with Gasteiger partial charge in [0.05, 0.1) is 17.1 Å². The van der Waals surface area contributed by atoms with Crippen LogP contribution in [0.25, 0.3) is 0 Å². The topological polar surface area (TPSA) is 48.1 Å². The molecule has 0 atom stereocenters. The number of aromatic nitrogens is 1. The number of halogens is 1. The van der Waals surface area contributed by atoms with Gasteiger partial charge in [-0.1, -0.05) is 23.8 Å². The Morgan fingerprint density at radius 1 is 1.77 bits per heavy atom. The lowest BCUT2D eigenvalue weighted by atomic mass is 10.2. The Hall–Kier alpha value is -0.870. The summed E-state index contributed by atoms with van der Waals surface area (Å²) in [7, 11) is 1.53. The Kier molecular flexibility index (Phi) is 3.45. The van der Waals surface area contributed by atoms with Gasteiger partial charge in [0, 0.05) is 18.2 Å². The molecule has 2 N–H and O–H groups in total. The molecule has 0 saturated heterocycles. The van der Waals surface area contributed by atoms with Gasteiger partial charge in [0.2, 0.25) is 5.88 Å². The number of hydrogen-bond donors (Lipinski definition) is 1. The Morgan fingerprint density at radius 2 is 2.46 bits per heavy atom. The number of pyridine rings is 1. The summed E-state index contributed by atoms with van der Waals surface area (Å²) in [4.78, 5) is 4.36. The minimum Gasteiger partial charge on any atom is -0.481 e.